The van der Waals surface area contributed by atoms with Crippen LogP contribution in [0.2, 0.25) is 0 Å². The second-order valence-electron chi connectivity index (χ2n) is 6.73. The molecule has 0 radical (unpaired) electrons. The maximum Gasteiger partial charge on any atom is 0.251 e. The number of carbonyl (C=O) groups is 1. The minimum atomic E-state index is -3.40. The predicted octanol–water partition coefficient (Wildman–Crippen LogP) is 2.90. The quantitative estimate of drug-likeness (QED) is 0.789. The second kappa shape index (κ2) is 8.43. The van der Waals surface area contributed by atoms with E-state index in [1.165, 1.54) is 11.4 Å². The molecule has 0 fully saturated rings. The maximum atomic E-state index is 12.5. The van der Waals surface area contributed by atoms with Gasteiger partial charge in [0.05, 0.1) is 18.0 Å². The smallest absolute Gasteiger partial charge is 0.251 e. The largest absolute Gasteiger partial charge is 0.491 e. The van der Waals surface area contributed by atoms with Gasteiger partial charge in [-0.2, -0.15) is 0 Å². The first-order valence-electron chi connectivity index (χ1n) is 8.63. The first-order chi connectivity index (χ1) is 12.6. The van der Waals surface area contributed by atoms with E-state index in [-0.39, 0.29) is 11.9 Å². The highest BCUT2D eigenvalue weighted by molar-refractivity contribution is 7.92. The van der Waals surface area contributed by atoms with Crippen LogP contribution in [0.4, 0.5) is 5.69 Å². The molecule has 7 heteroatoms. The van der Waals surface area contributed by atoms with E-state index in [9.17, 15) is 13.2 Å². The average molecular weight is 391 g/mol. The molecule has 0 saturated heterocycles. The lowest BCUT2D eigenvalue weighted by Gasteiger charge is -2.20. The van der Waals surface area contributed by atoms with E-state index in [4.69, 9.17) is 4.74 Å². The number of rotatable bonds is 7. The number of benzene rings is 2. The molecule has 0 aromatic heterocycles. The zero-order chi connectivity index (χ0) is 20.2. The monoisotopic (exact) mass is 390 g/mol. The molecule has 6 nitrogen and oxygen atoms in total. The molecule has 0 aliphatic rings. The van der Waals surface area contributed by atoms with Gasteiger partial charge in [0.15, 0.2) is 0 Å². The van der Waals surface area contributed by atoms with Crippen molar-refractivity contribution in [2.75, 3.05) is 24.2 Å². The highest BCUT2D eigenvalue weighted by Crippen LogP contribution is 2.22. The molecule has 0 saturated carbocycles. The van der Waals surface area contributed by atoms with Crippen molar-refractivity contribution in [3.63, 3.8) is 0 Å². The topological polar surface area (TPSA) is 75.7 Å². The molecular formula is C20H26N2O4S. The Balaban J connectivity index is 2.03. The van der Waals surface area contributed by atoms with Crippen molar-refractivity contribution in [3.8, 4) is 5.75 Å². The molecule has 146 valence electrons. The van der Waals surface area contributed by atoms with Gasteiger partial charge in [0.25, 0.3) is 5.91 Å². The van der Waals surface area contributed by atoms with Crippen molar-refractivity contribution in [1.82, 2.24) is 5.32 Å². The molecule has 0 aliphatic heterocycles. The minimum absolute atomic E-state index is 0.212. The molecule has 0 heterocycles. The summed E-state index contributed by atoms with van der Waals surface area (Å²) in [5.74, 6) is 0.465. The number of nitrogens with one attached hydrogen (secondary N) is 1. The Hall–Kier alpha value is -2.54. The third kappa shape index (κ3) is 5.72. The fraction of sp³-hybridized carbons (Fsp3) is 0.350. The van der Waals surface area contributed by atoms with Gasteiger partial charge in [-0.1, -0.05) is 23.8 Å². The van der Waals surface area contributed by atoms with Gasteiger partial charge in [-0.05, 0) is 50.6 Å². The van der Waals surface area contributed by atoms with E-state index in [2.05, 4.69) is 5.32 Å². The van der Waals surface area contributed by atoms with Crippen molar-refractivity contribution >= 4 is 21.6 Å². The molecule has 0 unspecified atom stereocenters. The summed E-state index contributed by atoms with van der Waals surface area (Å²) < 4.78 is 30.4. The van der Waals surface area contributed by atoms with Crippen LogP contribution >= 0.6 is 0 Å². The van der Waals surface area contributed by atoms with Crippen molar-refractivity contribution < 1.29 is 17.9 Å². The normalized spacial score (nSPS) is 12.3. The highest BCUT2D eigenvalue weighted by atomic mass is 32.2. The Morgan fingerprint density at radius 2 is 1.78 bits per heavy atom. The number of hydrogen-bond acceptors (Lipinski definition) is 4. The number of sulfonamides is 1. The summed E-state index contributed by atoms with van der Waals surface area (Å²) in [6, 6.07) is 12.5. The van der Waals surface area contributed by atoms with E-state index in [1.807, 2.05) is 38.1 Å². The lowest BCUT2D eigenvalue weighted by Crippen LogP contribution is -2.37. The van der Waals surface area contributed by atoms with Crippen molar-refractivity contribution in [3.05, 3.63) is 59.2 Å². The number of ether oxygens (including phenoxy) is 1. The first-order valence-corrected chi connectivity index (χ1v) is 10.5. The van der Waals surface area contributed by atoms with E-state index in [0.717, 1.165) is 23.1 Å². The van der Waals surface area contributed by atoms with E-state index in [1.54, 1.807) is 25.1 Å². The summed E-state index contributed by atoms with van der Waals surface area (Å²) in [6.07, 6.45) is 1.13. The third-order valence-corrected chi connectivity index (χ3v) is 5.40. The molecule has 2 aromatic rings. The predicted molar refractivity (Wildman–Crippen MR) is 108 cm³/mol. The molecule has 2 aromatic carbocycles. The molecule has 0 bridgehead atoms. The molecule has 1 amide bonds. The Bertz CT molecular complexity index is 908. The van der Waals surface area contributed by atoms with Gasteiger partial charge >= 0.3 is 0 Å². The zero-order valence-electron chi connectivity index (χ0n) is 16.3. The third-order valence-electron chi connectivity index (χ3n) is 4.21. The summed E-state index contributed by atoms with van der Waals surface area (Å²) in [5, 5.41) is 2.87. The Labute approximate surface area is 161 Å². The van der Waals surface area contributed by atoms with Crippen LogP contribution in [0.3, 0.4) is 0 Å². The summed E-state index contributed by atoms with van der Waals surface area (Å²) in [4.78, 5) is 12.5. The van der Waals surface area contributed by atoms with Gasteiger partial charge in [0.1, 0.15) is 12.4 Å². The van der Waals surface area contributed by atoms with Crippen LogP contribution in [0.25, 0.3) is 0 Å². The van der Waals surface area contributed by atoms with Gasteiger partial charge in [0.2, 0.25) is 10.0 Å². The number of hydrogen-bond donors (Lipinski definition) is 1. The first kappa shape index (κ1) is 20.8. The van der Waals surface area contributed by atoms with Gasteiger partial charge in [-0.15, -0.1) is 0 Å². The van der Waals surface area contributed by atoms with Crippen molar-refractivity contribution in [2.45, 2.75) is 26.8 Å². The van der Waals surface area contributed by atoms with E-state index >= 15 is 0 Å². The number of carbonyl (C=O) groups excluding carboxylic acids is 1. The van der Waals surface area contributed by atoms with Crippen molar-refractivity contribution in [2.24, 2.45) is 0 Å². The molecule has 0 aliphatic carbocycles. The average Bonchev–Trinajstić information content (AvgIpc) is 2.60. The summed E-state index contributed by atoms with van der Waals surface area (Å²) in [7, 11) is -1.94. The Morgan fingerprint density at radius 3 is 2.37 bits per heavy atom. The lowest BCUT2D eigenvalue weighted by atomic mass is 10.1. The number of anilines is 1. The molecule has 2 rings (SSSR count). The minimum Gasteiger partial charge on any atom is -0.491 e. The number of nitrogens with zero attached hydrogens (tertiary/aromatic N) is 1. The highest BCUT2D eigenvalue weighted by Gasteiger charge is 2.17. The van der Waals surface area contributed by atoms with Crippen LogP contribution in [0.5, 0.6) is 5.75 Å². The van der Waals surface area contributed by atoms with Gasteiger partial charge < -0.3 is 10.1 Å². The molecule has 1 N–H and O–H groups in total. The SMILES string of the molecule is Cc1ccc(OC[C@@H](C)NC(=O)c2ccc(C)c(N(C)S(C)(=O)=O)c2)cc1. The van der Waals surface area contributed by atoms with Crippen LogP contribution in [-0.4, -0.2) is 40.3 Å². The van der Waals surface area contributed by atoms with E-state index in [0.29, 0.717) is 17.9 Å². The second-order valence-corrected chi connectivity index (χ2v) is 8.74. The summed E-state index contributed by atoms with van der Waals surface area (Å²) in [5.41, 5.74) is 2.80. The number of amides is 1. The maximum absolute atomic E-state index is 12.5. The molecule has 1 atom stereocenters. The fourth-order valence-electron chi connectivity index (χ4n) is 2.47. The number of aryl methyl sites for hydroxylation is 2. The molecule has 27 heavy (non-hydrogen) atoms. The zero-order valence-corrected chi connectivity index (χ0v) is 17.1. The molecule has 0 spiro atoms. The Kier molecular flexibility index (Phi) is 6.49. The fourth-order valence-corrected chi connectivity index (χ4v) is 3.03. The van der Waals surface area contributed by atoms with Gasteiger partial charge in [0, 0.05) is 12.6 Å². The van der Waals surface area contributed by atoms with Crippen LogP contribution in [0, 0.1) is 13.8 Å². The van der Waals surface area contributed by atoms with Gasteiger partial charge in [-0.3, -0.25) is 9.10 Å². The summed E-state index contributed by atoms with van der Waals surface area (Å²) in [6.45, 7) is 5.99. The summed E-state index contributed by atoms with van der Waals surface area (Å²) >= 11 is 0. The standard InChI is InChI=1S/C20H26N2O4S/c1-14-6-10-18(11-7-14)26-13-16(3)21-20(23)17-9-8-15(2)19(12-17)22(4)27(5,24)25/h6-12,16H,13H2,1-5H3,(H,21,23)/t16-/m1/s1. The lowest BCUT2D eigenvalue weighted by molar-refractivity contribution is 0.0926. The van der Waals surface area contributed by atoms with Crippen molar-refractivity contribution in [1.29, 1.82) is 0 Å². The Morgan fingerprint density at radius 1 is 1.15 bits per heavy atom. The van der Waals surface area contributed by atoms with E-state index < -0.39 is 10.0 Å². The molecular weight excluding hydrogens is 364 g/mol. The van der Waals surface area contributed by atoms with Crippen LogP contribution in [-0.2, 0) is 10.0 Å². The van der Waals surface area contributed by atoms with Crippen LogP contribution < -0.4 is 14.4 Å². The van der Waals surface area contributed by atoms with Crippen LogP contribution in [0.15, 0.2) is 42.5 Å². The van der Waals surface area contributed by atoms with Gasteiger partial charge in [-0.25, -0.2) is 8.42 Å². The van der Waals surface area contributed by atoms with Crippen LogP contribution in [0.1, 0.15) is 28.4 Å².